The molecule has 14 heavy (non-hydrogen) atoms. The van der Waals surface area contributed by atoms with Crippen LogP contribution in [-0.2, 0) is 10.8 Å². The van der Waals surface area contributed by atoms with E-state index in [0.717, 1.165) is 30.2 Å². The van der Waals surface area contributed by atoms with Gasteiger partial charge >= 0.3 is 0 Å². The molecule has 0 unspecified atom stereocenters. The van der Waals surface area contributed by atoms with E-state index in [1.165, 1.54) is 0 Å². The van der Waals surface area contributed by atoms with Crippen LogP contribution in [0.5, 0.6) is 0 Å². The summed E-state index contributed by atoms with van der Waals surface area (Å²) in [5.74, 6) is 2.37. The molecule has 0 radical (unpaired) electrons. The average molecular weight is 234 g/mol. The molecule has 1 aromatic rings. The first-order chi connectivity index (χ1) is 6.68. The molecule has 0 aromatic carbocycles. The maximum atomic E-state index is 11.2. The summed E-state index contributed by atoms with van der Waals surface area (Å²) in [7, 11) is -0.633. The summed E-state index contributed by atoms with van der Waals surface area (Å²) in [6.45, 7) is 1.89. The van der Waals surface area contributed by atoms with Crippen LogP contribution in [0.1, 0.15) is 24.7 Å². The summed E-state index contributed by atoms with van der Waals surface area (Å²) >= 11 is 5.93. The van der Waals surface area contributed by atoms with Crippen molar-refractivity contribution in [3.63, 3.8) is 0 Å². The van der Waals surface area contributed by atoms with Gasteiger partial charge in [0.1, 0.15) is 5.82 Å². The van der Waals surface area contributed by atoms with Gasteiger partial charge in [0.25, 0.3) is 0 Å². The van der Waals surface area contributed by atoms with E-state index in [2.05, 4.69) is 10.2 Å². The van der Waals surface area contributed by atoms with Crippen LogP contribution in [0, 0.1) is 6.92 Å². The lowest BCUT2D eigenvalue weighted by Gasteiger charge is -2.23. The standard InChI is InChI=1S/C8H12ClN3OS/c1-6-10-11-8(9)12(6)7-2-4-14(13)5-3-7/h7H,2-5H2,1H3. The Morgan fingerprint density at radius 3 is 2.57 bits per heavy atom. The van der Waals surface area contributed by atoms with E-state index in [-0.39, 0.29) is 0 Å². The Morgan fingerprint density at radius 2 is 2.07 bits per heavy atom. The molecule has 2 rings (SSSR count). The minimum absolute atomic E-state index is 0.329. The highest BCUT2D eigenvalue weighted by molar-refractivity contribution is 7.85. The Labute approximate surface area is 90.1 Å². The molecule has 2 heterocycles. The second-order valence-corrected chi connectivity index (χ2v) is 5.50. The summed E-state index contributed by atoms with van der Waals surface area (Å²) in [4.78, 5) is 0. The predicted octanol–water partition coefficient (Wildman–Crippen LogP) is 1.32. The Balaban J connectivity index is 2.19. The molecule has 1 fully saturated rings. The maximum absolute atomic E-state index is 11.2. The highest BCUT2D eigenvalue weighted by Gasteiger charge is 2.22. The highest BCUT2D eigenvalue weighted by Crippen LogP contribution is 2.26. The molecule has 1 aliphatic rings. The van der Waals surface area contributed by atoms with Gasteiger partial charge in [-0.1, -0.05) is 0 Å². The third kappa shape index (κ3) is 1.83. The quantitative estimate of drug-likeness (QED) is 0.735. The largest absolute Gasteiger partial charge is 0.299 e. The van der Waals surface area contributed by atoms with E-state index in [1.807, 2.05) is 11.5 Å². The monoisotopic (exact) mass is 233 g/mol. The Bertz CT molecular complexity index is 336. The fourth-order valence-electron chi connectivity index (χ4n) is 1.80. The van der Waals surface area contributed by atoms with Gasteiger partial charge in [-0.15, -0.1) is 10.2 Å². The Hall–Kier alpha value is -0.420. The van der Waals surface area contributed by atoms with Crippen molar-refractivity contribution in [2.24, 2.45) is 0 Å². The normalized spacial score (nSPS) is 27.9. The van der Waals surface area contributed by atoms with Crippen molar-refractivity contribution in [3.05, 3.63) is 11.1 Å². The molecule has 0 spiro atoms. The van der Waals surface area contributed by atoms with Gasteiger partial charge in [0.2, 0.25) is 5.28 Å². The molecule has 0 aliphatic carbocycles. The van der Waals surface area contributed by atoms with E-state index in [1.54, 1.807) is 0 Å². The van der Waals surface area contributed by atoms with E-state index in [9.17, 15) is 4.21 Å². The molecule has 1 saturated heterocycles. The van der Waals surface area contributed by atoms with E-state index in [4.69, 9.17) is 11.6 Å². The zero-order valence-corrected chi connectivity index (χ0v) is 9.51. The van der Waals surface area contributed by atoms with Crippen LogP contribution in [0.2, 0.25) is 5.28 Å². The number of rotatable bonds is 1. The summed E-state index contributed by atoms with van der Waals surface area (Å²) < 4.78 is 13.1. The molecule has 1 aromatic heterocycles. The fourth-order valence-corrected chi connectivity index (χ4v) is 3.37. The number of hydrogen-bond acceptors (Lipinski definition) is 3. The average Bonchev–Trinajstić information content (AvgIpc) is 2.49. The number of aromatic nitrogens is 3. The van der Waals surface area contributed by atoms with Crippen molar-refractivity contribution in [2.45, 2.75) is 25.8 Å². The number of hydrogen-bond donors (Lipinski definition) is 0. The molecule has 0 bridgehead atoms. The summed E-state index contributed by atoms with van der Waals surface area (Å²) in [5, 5.41) is 8.17. The highest BCUT2D eigenvalue weighted by atomic mass is 35.5. The molecular weight excluding hydrogens is 222 g/mol. The van der Waals surface area contributed by atoms with Crippen molar-refractivity contribution in [3.8, 4) is 0 Å². The number of aryl methyl sites for hydroxylation is 1. The van der Waals surface area contributed by atoms with Crippen LogP contribution in [-0.4, -0.2) is 30.5 Å². The molecule has 1 aliphatic heterocycles. The van der Waals surface area contributed by atoms with Crippen LogP contribution < -0.4 is 0 Å². The number of nitrogens with zero attached hydrogens (tertiary/aromatic N) is 3. The van der Waals surface area contributed by atoms with Gasteiger partial charge in [-0.2, -0.15) is 0 Å². The van der Waals surface area contributed by atoms with E-state index >= 15 is 0 Å². The first-order valence-electron chi connectivity index (χ1n) is 4.60. The van der Waals surface area contributed by atoms with Gasteiger partial charge in [-0.05, 0) is 31.4 Å². The van der Waals surface area contributed by atoms with Gasteiger partial charge in [-0.25, -0.2) is 0 Å². The zero-order valence-electron chi connectivity index (χ0n) is 7.94. The molecule has 0 atom stereocenters. The van der Waals surface area contributed by atoms with Gasteiger partial charge < -0.3 is 0 Å². The Morgan fingerprint density at radius 1 is 1.43 bits per heavy atom. The van der Waals surface area contributed by atoms with Crippen LogP contribution in [0.3, 0.4) is 0 Å². The minimum Gasteiger partial charge on any atom is -0.299 e. The second-order valence-electron chi connectivity index (χ2n) is 3.47. The smallest absolute Gasteiger partial charge is 0.225 e. The zero-order chi connectivity index (χ0) is 10.1. The van der Waals surface area contributed by atoms with E-state index in [0.29, 0.717) is 11.3 Å². The van der Waals surface area contributed by atoms with Crippen LogP contribution in [0.4, 0.5) is 0 Å². The first kappa shape index (κ1) is 10.1. The molecule has 0 N–H and O–H groups in total. The van der Waals surface area contributed by atoms with E-state index < -0.39 is 10.8 Å². The SMILES string of the molecule is Cc1nnc(Cl)n1C1CCS(=O)CC1. The second kappa shape index (κ2) is 3.98. The topological polar surface area (TPSA) is 47.8 Å². The lowest BCUT2D eigenvalue weighted by atomic mass is 10.1. The van der Waals surface area contributed by atoms with Crippen molar-refractivity contribution in [2.75, 3.05) is 11.5 Å². The third-order valence-corrected chi connectivity index (χ3v) is 4.19. The first-order valence-corrected chi connectivity index (χ1v) is 6.47. The molecule has 0 amide bonds. The predicted molar refractivity (Wildman–Crippen MR) is 55.9 cm³/mol. The summed E-state index contributed by atoms with van der Waals surface area (Å²) in [6.07, 6.45) is 1.82. The Kier molecular flexibility index (Phi) is 2.88. The van der Waals surface area contributed by atoms with Crippen LogP contribution in [0.25, 0.3) is 0 Å². The maximum Gasteiger partial charge on any atom is 0.225 e. The lowest BCUT2D eigenvalue weighted by Crippen LogP contribution is -2.22. The van der Waals surface area contributed by atoms with Gasteiger partial charge in [-0.3, -0.25) is 8.78 Å². The third-order valence-electron chi connectivity index (χ3n) is 2.55. The molecule has 78 valence electrons. The molecular formula is C8H12ClN3OS. The van der Waals surface area contributed by atoms with Crippen molar-refractivity contribution in [1.82, 2.24) is 14.8 Å². The van der Waals surface area contributed by atoms with Gasteiger partial charge in [0.15, 0.2) is 0 Å². The van der Waals surface area contributed by atoms with Crippen molar-refractivity contribution in [1.29, 1.82) is 0 Å². The molecule has 6 heteroatoms. The van der Waals surface area contributed by atoms with Gasteiger partial charge in [0, 0.05) is 28.3 Å². The molecule has 4 nitrogen and oxygen atoms in total. The van der Waals surface area contributed by atoms with Crippen LogP contribution >= 0.6 is 11.6 Å². The van der Waals surface area contributed by atoms with Crippen molar-refractivity contribution < 1.29 is 4.21 Å². The summed E-state index contributed by atoms with van der Waals surface area (Å²) in [6, 6.07) is 0.329. The van der Waals surface area contributed by atoms with Crippen molar-refractivity contribution >= 4 is 22.4 Å². The van der Waals surface area contributed by atoms with Crippen LogP contribution in [0.15, 0.2) is 0 Å². The van der Waals surface area contributed by atoms with Gasteiger partial charge in [0.05, 0.1) is 0 Å². The minimum atomic E-state index is -0.633. The number of halogens is 1. The molecule has 0 saturated carbocycles. The summed E-state index contributed by atoms with van der Waals surface area (Å²) in [5.41, 5.74) is 0. The lowest BCUT2D eigenvalue weighted by molar-refractivity contribution is 0.453. The fraction of sp³-hybridized carbons (Fsp3) is 0.750.